The Hall–Kier alpha value is -2.75. The van der Waals surface area contributed by atoms with Crippen LogP contribution in [0.4, 0.5) is 5.69 Å². The first-order chi connectivity index (χ1) is 10.6. The number of benzene rings is 2. The quantitative estimate of drug-likeness (QED) is 0.802. The molecule has 4 nitrogen and oxygen atoms in total. The molecule has 2 aromatic carbocycles. The highest BCUT2D eigenvalue weighted by Crippen LogP contribution is 2.23. The second-order valence-electron chi connectivity index (χ2n) is 5.45. The zero-order valence-corrected chi connectivity index (χ0v) is 12.8. The van der Waals surface area contributed by atoms with Crippen molar-refractivity contribution < 1.29 is 5.11 Å². The molecule has 1 heterocycles. The maximum absolute atomic E-state index is 9.93. The average molecular weight is 293 g/mol. The highest BCUT2D eigenvalue weighted by molar-refractivity contribution is 5.60. The van der Waals surface area contributed by atoms with E-state index in [1.165, 1.54) is 0 Å². The minimum Gasteiger partial charge on any atom is -0.508 e. The van der Waals surface area contributed by atoms with Gasteiger partial charge in [0.15, 0.2) is 0 Å². The van der Waals surface area contributed by atoms with Gasteiger partial charge in [-0.05, 0) is 30.3 Å². The molecule has 1 N–H and O–H groups in total. The van der Waals surface area contributed by atoms with E-state index in [1.807, 2.05) is 43.1 Å². The molecule has 0 aliphatic carbocycles. The van der Waals surface area contributed by atoms with Crippen LogP contribution in [0.3, 0.4) is 0 Å². The molecule has 0 atom stereocenters. The molecule has 112 valence electrons. The van der Waals surface area contributed by atoms with Gasteiger partial charge >= 0.3 is 0 Å². The maximum atomic E-state index is 9.93. The molecule has 0 aliphatic rings. The van der Waals surface area contributed by atoms with Crippen LogP contribution < -0.4 is 4.90 Å². The fourth-order valence-electron chi connectivity index (χ4n) is 2.43. The lowest BCUT2D eigenvalue weighted by molar-refractivity contribution is 0.466. The summed E-state index contributed by atoms with van der Waals surface area (Å²) in [5.41, 5.74) is 3.10. The van der Waals surface area contributed by atoms with E-state index in [1.54, 1.807) is 12.3 Å². The summed E-state index contributed by atoms with van der Waals surface area (Å²) in [5, 5.41) is 9.93. The molecular weight excluding hydrogens is 274 g/mol. The van der Waals surface area contributed by atoms with Crippen molar-refractivity contribution >= 4 is 5.69 Å². The molecule has 0 radical (unpaired) electrons. The van der Waals surface area contributed by atoms with Crippen molar-refractivity contribution in [2.75, 3.05) is 19.0 Å². The summed E-state index contributed by atoms with van der Waals surface area (Å²) in [4.78, 5) is 6.52. The lowest BCUT2D eigenvalue weighted by Crippen LogP contribution is -2.08. The van der Waals surface area contributed by atoms with Crippen molar-refractivity contribution in [2.24, 2.45) is 0 Å². The fourth-order valence-corrected chi connectivity index (χ4v) is 2.43. The normalized spacial score (nSPS) is 10.6. The number of phenolic OH excluding ortho intramolecular Hbond substituents is 1. The van der Waals surface area contributed by atoms with E-state index in [2.05, 4.69) is 34.1 Å². The van der Waals surface area contributed by atoms with Gasteiger partial charge in [-0.3, -0.25) is 0 Å². The molecule has 0 saturated heterocycles. The summed E-state index contributed by atoms with van der Waals surface area (Å²) in [7, 11) is 4.04. The largest absolute Gasteiger partial charge is 0.508 e. The number of nitrogens with zero attached hydrogens (tertiary/aromatic N) is 3. The Morgan fingerprint density at radius 1 is 1.05 bits per heavy atom. The molecule has 0 aliphatic heterocycles. The van der Waals surface area contributed by atoms with E-state index >= 15 is 0 Å². The second-order valence-corrected chi connectivity index (χ2v) is 5.45. The van der Waals surface area contributed by atoms with Crippen LogP contribution >= 0.6 is 0 Å². The summed E-state index contributed by atoms with van der Waals surface area (Å²) in [5.74, 6) is 1.21. The standard InChI is InChI=1S/C18H19N3O/c1-20(2)16-9-7-14(8-10-16)18-19-11-12-21(18)13-15-5-3-4-6-17(15)22/h3-12,22H,13H2,1-2H3. The lowest BCUT2D eigenvalue weighted by atomic mass is 10.1. The van der Waals surface area contributed by atoms with Crippen molar-refractivity contribution in [1.82, 2.24) is 9.55 Å². The highest BCUT2D eigenvalue weighted by Gasteiger charge is 2.08. The molecule has 0 saturated carbocycles. The lowest BCUT2D eigenvalue weighted by Gasteiger charge is -2.13. The van der Waals surface area contributed by atoms with Gasteiger partial charge in [0.1, 0.15) is 11.6 Å². The molecule has 0 amide bonds. The van der Waals surface area contributed by atoms with Crippen molar-refractivity contribution in [3.8, 4) is 17.1 Å². The number of anilines is 1. The number of imidazole rings is 1. The van der Waals surface area contributed by atoms with Gasteiger partial charge in [-0.1, -0.05) is 18.2 Å². The van der Waals surface area contributed by atoms with E-state index in [-0.39, 0.29) is 0 Å². The molecule has 4 heteroatoms. The fraction of sp³-hybridized carbons (Fsp3) is 0.167. The molecule has 0 spiro atoms. The first-order valence-corrected chi connectivity index (χ1v) is 7.21. The summed E-state index contributed by atoms with van der Waals surface area (Å²) in [6.07, 6.45) is 3.72. The number of phenols is 1. The average Bonchev–Trinajstić information content (AvgIpc) is 2.98. The number of aromatic hydroxyl groups is 1. The monoisotopic (exact) mass is 293 g/mol. The zero-order chi connectivity index (χ0) is 15.5. The maximum Gasteiger partial charge on any atom is 0.140 e. The molecule has 0 bridgehead atoms. The first-order valence-electron chi connectivity index (χ1n) is 7.21. The minimum absolute atomic E-state index is 0.310. The second kappa shape index (κ2) is 5.93. The smallest absolute Gasteiger partial charge is 0.140 e. The molecular formula is C18H19N3O. The van der Waals surface area contributed by atoms with Crippen molar-refractivity contribution in [1.29, 1.82) is 0 Å². The third-order valence-electron chi connectivity index (χ3n) is 3.69. The van der Waals surface area contributed by atoms with Crippen LogP contribution in [0.1, 0.15) is 5.56 Å². The van der Waals surface area contributed by atoms with Crippen LogP contribution in [0, 0.1) is 0 Å². The molecule has 3 aromatic rings. The third-order valence-corrected chi connectivity index (χ3v) is 3.69. The van der Waals surface area contributed by atoms with E-state index < -0.39 is 0 Å². The highest BCUT2D eigenvalue weighted by atomic mass is 16.3. The Morgan fingerprint density at radius 2 is 1.77 bits per heavy atom. The van der Waals surface area contributed by atoms with Crippen molar-refractivity contribution in [2.45, 2.75) is 6.54 Å². The number of para-hydroxylation sites is 1. The number of hydrogen-bond donors (Lipinski definition) is 1. The van der Waals surface area contributed by atoms with Crippen LogP contribution in [0.15, 0.2) is 60.9 Å². The van der Waals surface area contributed by atoms with E-state index in [4.69, 9.17) is 0 Å². The van der Waals surface area contributed by atoms with E-state index in [0.29, 0.717) is 12.3 Å². The van der Waals surface area contributed by atoms with Crippen LogP contribution in [0.25, 0.3) is 11.4 Å². The van der Waals surface area contributed by atoms with Gasteiger partial charge in [-0.15, -0.1) is 0 Å². The number of rotatable bonds is 4. The Kier molecular flexibility index (Phi) is 3.83. The van der Waals surface area contributed by atoms with Gasteiger partial charge < -0.3 is 14.6 Å². The van der Waals surface area contributed by atoms with E-state index in [0.717, 1.165) is 22.6 Å². The minimum atomic E-state index is 0.310. The summed E-state index contributed by atoms with van der Waals surface area (Å²) < 4.78 is 2.04. The topological polar surface area (TPSA) is 41.3 Å². The van der Waals surface area contributed by atoms with Gasteiger partial charge in [0.2, 0.25) is 0 Å². The Morgan fingerprint density at radius 3 is 2.45 bits per heavy atom. The summed E-state index contributed by atoms with van der Waals surface area (Å²) >= 11 is 0. The Bertz CT molecular complexity index is 760. The predicted molar refractivity (Wildman–Crippen MR) is 89.2 cm³/mol. The molecule has 1 aromatic heterocycles. The first kappa shape index (κ1) is 14.2. The third kappa shape index (κ3) is 2.81. The molecule has 3 rings (SSSR count). The van der Waals surface area contributed by atoms with E-state index in [9.17, 15) is 5.11 Å². The van der Waals surface area contributed by atoms with Crippen LogP contribution in [0.2, 0.25) is 0 Å². The van der Waals surface area contributed by atoms with Gasteiger partial charge in [-0.25, -0.2) is 4.98 Å². The van der Waals surface area contributed by atoms with Crippen LogP contribution in [-0.4, -0.2) is 28.8 Å². The van der Waals surface area contributed by atoms with Gasteiger partial charge in [0.05, 0.1) is 6.54 Å². The Balaban J connectivity index is 1.90. The van der Waals surface area contributed by atoms with Crippen molar-refractivity contribution in [3.05, 3.63) is 66.5 Å². The predicted octanol–water partition coefficient (Wildman–Crippen LogP) is 3.37. The summed E-state index contributed by atoms with van der Waals surface area (Å²) in [6, 6.07) is 15.7. The SMILES string of the molecule is CN(C)c1ccc(-c2nccn2Cc2ccccc2O)cc1. The summed E-state index contributed by atoms with van der Waals surface area (Å²) in [6.45, 7) is 0.595. The number of hydrogen-bond acceptors (Lipinski definition) is 3. The zero-order valence-electron chi connectivity index (χ0n) is 12.8. The molecule has 0 fully saturated rings. The van der Waals surface area contributed by atoms with Crippen LogP contribution in [0.5, 0.6) is 5.75 Å². The molecule has 22 heavy (non-hydrogen) atoms. The van der Waals surface area contributed by atoms with Gasteiger partial charge in [0.25, 0.3) is 0 Å². The van der Waals surface area contributed by atoms with Gasteiger partial charge in [0, 0.05) is 43.3 Å². The van der Waals surface area contributed by atoms with Gasteiger partial charge in [-0.2, -0.15) is 0 Å². The van der Waals surface area contributed by atoms with Crippen LogP contribution in [-0.2, 0) is 6.54 Å². The molecule has 0 unspecified atom stereocenters. The Labute approximate surface area is 130 Å². The van der Waals surface area contributed by atoms with Crippen molar-refractivity contribution in [3.63, 3.8) is 0 Å². The number of aromatic nitrogens is 2.